The normalized spacial score (nSPS) is 27.3. The summed E-state index contributed by atoms with van der Waals surface area (Å²) in [6, 6.07) is 6.13. The molecule has 4 heterocycles. The van der Waals surface area contributed by atoms with Gasteiger partial charge in [0.25, 0.3) is 0 Å². The number of likely N-dealkylation sites (tertiary alicyclic amines) is 1. The summed E-state index contributed by atoms with van der Waals surface area (Å²) >= 11 is 3.72. The SMILES string of the molecule is Cn1c(C2CC3(C2)CN(C(=O)O)C3C(C)(C)C)nc(Br)c1-c1cc(C#N)cc2c1cnn2C1CCCCO1. The Bertz CT molecular complexity index is 1470. The number of carboxylic acid groups (broad SMARTS) is 1. The van der Waals surface area contributed by atoms with Crippen molar-refractivity contribution in [1.29, 1.82) is 5.26 Å². The molecular weight excluding hydrogens is 548 g/mol. The van der Waals surface area contributed by atoms with Gasteiger partial charge in [-0.25, -0.2) is 14.5 Å². The van der Waals surface area contributed by atoms with Crippen molar-refractivity contribution in [1.82, 2.24) is 24.2 Å². The number of imidazole rings is 1. The number of amides is 1. The van der Waals surface area contributed by atoms with Crippen molar-refractivity contribution in [2.45, 2.75) is 71.1 Å². The Morgan fingerprint density at radius 1 is 1.29 bits per heavy atom. The van der Waals surface area contributed by atoms with Gasteiger partial charge in [-0.05, 0) is 65.6 Å². The van der Waals surface area contributed by atoms with Crippen LogP contribution in [0.1, 0.15) is 76.4 Å². The lowest BCUT2D eigenvalue weighted by atomic mass is 9.48. The van der Waals surface area contributed by atoms with E-state index in [9.17, 15) is 15.2 Å². The van der Waals surface area contributed by atoms with Crippen LogP contribution >= 0.6 is 15.9 Å². The van der Waals surface area contributed by atoms with Crippen LogP contribution in [0.5, 0.6) is 0 Å². The van der Waals surface area contributed by atoms with E-state index in [0.29, 0.717) is 12.1 Å². The zero-order valence-electron chi connectivity index (χ0n) is 22.2. The fourth-order valence-corrected chi connectivity index (χ4v) is 8.11. The lowest BCUT2D eigenvalue weighted by Crippen LogP contribution is -2.73. The first-order chi connectivity index (χ1) is 18.0. The molecule has 38 heavy (non-hydrogen) atoms. The summed E-state index contributed by atoms with van der Waals surface area (Å²) in [5.41, 5.74) is 3.17. The van der Waals surface area contributed by atoms with Crippen molar-refractivity contribution in [3.05, 3.63) is 34.3 Å². The molecule has 10 heteroatoms. The van der Waals surface area contributed by atoms with Gasteiger partial charge in [-0.15, -0.1) is 0 Å². The monoisotopic (exact) mass is 580 g/mol. The first-order valence-electron chi connectivity index (χ1n) is 13.3. The Morgan fingerprint density at radius 3 is 2.68 bits per heavy atom. The van der Waals surface area contributed by atoms with E-state index in [0.717, 1.165) is 71.3 Å². The van der Waals surface area contributed by atoms with Crippen LogP contribution in [0.3, 0.4) is 0 Å². The lowest BCUT2D eigenvalue weighted by Gasteiger charge is -2.67. The largest absolute Gasteiger partial charge is 0.465 e. The zero-order chi connectivity index (χ0) is 27.0. The van der Waals surface area contributed by atoms with E-state index in [1.807, 2.05) is 30.1 Å². The summed E-state index contributed by atoms with van der Waals surface area (Å²) in [5.74, 6) is 1.23. The molecule has 3 aliphatic rings. The van der Waals surface area contributed by atoms with E-state index in [4.69, 9.17) is 9.72 Å². The summed E-state index contributed by atoms with van der Waals surface area (Å²) in [4.78, 5) is 18.4. The summed E-state index contributed by atoms with van der Waals surface area (Å²) in [6.45, 7) is 7.69. The molecule has 6 rings (SSSR count). The Labute approximate surface area is 230 Å². The van der Waals surface area contributed by atoms with Crippen LogP contribution in [0.2, 0.25) is 0 Å². The Morgan fingerprint density at radius 2 is 2.05 bits per heavy atom. The molecule has 1 aliphatic carbocycles. The molecule has 2 saturated heterocycles. The minimum Gasteiger partial charge on any atom is -0.465 e. The third-order valence-electron chi connectivity index (χ3n) is 8.73. The molecule has 2 aromatic heterocycles. The molecule has 1 amide bonds. The number of aromatic nitrogens is 4. The maximum Gasteiger partial charge on any atom is 0.407 e. The van der Waals surface area contributed by atoms with Gasteiger partial charge in [0.2, 0.25) is 0 Å². The highest BCUT2D eigenvalue weighted by atomic mass is 79.9. The molecule has 1 aromatic carbocycles. The van der Waals surface area contributed by atoms with E-state index >= 15 is 0 Å². The number of rotatable bonds is 3. The number of hydrogen-bond acceptors (Lipinski definition) is 5. The second-order valence-electron chi connectivity index (χ2n) is 12.3. The van der Waals surface area contributed by atoms with Gasteiger partial charge >= 0.3 is 6.09 Å². The molecular formula is C28H33BrN6O3. The van der Waals surface area contributed by atoms with Crippen LogP contribution in [0.25, 0.3) is 22.2 Å². The highest BCUT2D eigenvalue weighted by molar-refractivity contribution is 9.10. The highest BCUT2D eigenvalue weighted by Crippen LogP contribution is 2.63. The molecule has 2 unspecified atom stereocenters. The van der Waals surface area contributed by atoms with Gasteiger partial charge < -0.3 is 19.3 Å². The number of carbonyl (C=O) groups is 1. The number of ether oxygens (including phenoxy) is 1. The molecule has 1 saturated carbocycles. The quantitative estimate of drug-likeness (QED) is 0.404. The molecule has 3 fully saturated rings. The Balaban J connectivity index is 1.35. The van der Waals surface area contributed by atoms with Crippen LogP contribution in [0.15, 0.2) is 22.9 Å². The van der Waals surface area contributed by atoms with Gasteiger partial charge in [0.1, 0.15) is 10.4 Å². The zero-order valence-corrected chi connectivity index (χ0v) is 23.8. The van der Waals surface area contributed by atoms with Crippen LogP contribution in [0, 0.1) is 22.2 Å². The van der Waals surface area contributed by atoms with E-state index in [1.165, 1.54) is 0 Å². The predicted molar refractivity (Wildman–Crippen MR) is 146 cm³/mol. The second kappa shape index (κ2) is 8.82. The average Bonchev–Trinajstić information content (AvgIpc) is 3.37. The van der Waals surface area contributed by atoms with Gasteiger partial charge in [-0.3, -0.25) is 0 Å². The van der Waals surface area contributed by atoms with E-state index in [2.05, 4.69) is 52.4 Å². The summed E-state index contributed by atoms with van der Waals surface area (Å²) in [6.07, 6.45) is 5.80. The fourth-order valence-electron chi connectivity index (χ4n) is 7.45. The van der Waals surface area contributed by atoms with E-state index < -0.39 is 6.09 Å². The fraction of sp³-hybridized carbons (Fsp3) is 0.571. The van der Waals surface area contributed by atoms with Crippen LogP contribution in [-0.2, 0) is 11.8 Å². The molecule has 1 N–H and O–H groups in total. The molecule has 0 radical (unpaired) electrons. The Hall–Kier alpha value is -2.90. The third kappa shape index (κ3) is 3.77. The molecule has 200 valence electrons. The molecule has 2 aliphatic heterocycles. The van der Waals surface area contributed by atoms with Crippen LogP contribution < -0.4 is 0 Å². The van der Waals surface area contributed by atoms with Crippen molar-refractivity contribution in [2.75, 3.05) is 13.2 Å². The van der Waals surface area contributed by atoms with Crippen molar-refractivity contribution >= 4 is 32.9 Å². The van der Waals surface area contributed by atoms with Crippen LogP contribution in [-0.4, -0.2) is 54.6 Å². The second-order valence-corrected chi connectivity index (χ2v) is 13.0. The smallest absolute Gasteiger partial charge is 0.407 e. The number of halogens is 1. The van der Waals surface area contributed by atoms with Crippen LogP contribution in [0.4, 0.5) is 4.79 Å². The molecule has 1 spiro atoms. The molecule has 2 atom stereocenters. The number of benzene rings is 1. The van der Waals surface area contributed by atoms with E-state index in [1.54, 1.807) is 4.90 Å². The topological polar surface area (TPSA) is 109 Å². The number of fused-ring (bicyclic) bond motifs is 1. The van der Waals surface area contributed by atoms with Crippen molar-refractivity contribution in [2.24, 2.45) is 17.9 Å². The summed E-state index contributed by atoms with van der Waals surface area (Å²) in [5, 5.41) is 25.2. The van der Waals surface area contributed by atoms with Gasteiger partial charge in [0.15, 0.2) is 6.23 Å². The van der Waals surface area contributed by atoms with Gasteiger partial charge in [0, 0.05) is 48.5 Å². The number of hydrogen-bond donors (Lipinski definition) is 1. The molecule has 0 bridgehead atoms. The first-order valence-corrected chi connectivity index (χ1v) is 14.1. The maximum atomic E-state index is 11.8. The van der Waals surface area contributed by atoms with Gasteiger partial charge in [0.05, 0.1) is 29.0 Å². The number of nitrogens with zero attached hydrogens (tertiary/aromatic N) is 6. The van der Waals surface area contributed by atoms with Crippen molar-refractivity contribution in [3.63, 3.8) is 0 Å². The van der Waals surface area contributed by atoms with Gasteiger partial charge in [-0.2, -0.15) is 10.4 Å². The average molecular weight is 582 g/mol. The highest BCUT2D eigenvalue weighted by Gasteiger charge is 2.64. The number of nitriles is 1. The minimum absolute atomic E-state index is 0.00621. The standard InChI is InChI=1S/C28H33BrN6O3/c1-27(2,3)25-28(15-34(25)26(36)37)11-17(12-28)24-32-23(29)22(33(24)4)18-9-16(13-30)10-20-19(18)14-31-35(20)21-7-5-6-8-38-21/h9-10,14,17,21,25H,5-8,11-12,15H2,1-4H3,(H,36,37). The van der Waals surface area contributed by atoms with Crippen molar-refractivity contribution < 1.29 is 14.6 Å². The summed E-state index contributed by atoms with van der Waals surface area (Å²) < 4.78 is 10.8. The predicted octanol–water partition coefficient (Wildman–Crippen LogP) is 6.04. The lowest BCUT2D eigenvalue weighted by molar-refractivity contribution is -0.159. The van der Waals surface area contributed by atoms with Crippen molar-refractivity contribution in [3.8, 4) is 17.3 Å². The molecule has 3 aromatic rings. The summed E-state index contributed by atoms with van der Waals surface area (Å²) in [7, 11) is 2.03. The van der Waals surface area contributed by atoms with E-state index in [-0.39, 0.29) is 29.0 Å². The molecule has 9 nitrogen and oxygen atoms in total. The van der Waals surface area contributed by atoms with Gasteiger partial charge in [-0.1, -0.05) is 20.8 Å². The third-order valence-corrected chi connectivity index (χ3v) is 9.28. The first kappa shape index (κ1) is 25.4. The minimum atomic E-state index is -0.832. The maximum absolute atomic E-state index is 11.8. The Kier molecular flexibility index (Phi) is 5.89.